The fraction of sp³-hybridized carbons (Fsp3) is 0.250. The smallest absolute Gasteiger partial charge is 0.408 e. The maximum Gasteiger partial charge on any atom is 0.408 e. The zero-order valence-corrected chi connectivity index (χ0v) is 26.0. The Morgan fingerprint density at radius 1 is 0.717 bits per heavy atom. The van der Waals surface area contributed by atoms with Crippen molar-refractivity contribution in [2.45, 2.75) is 44.5 Å². The average molecular weight is 673 g/mol. The molecule has 12 nitrogen and oxygen atoms in total. The second-order valence-electron chi connectivity index (χ2n) is 9.98. The molecule has 0 fully saturated rings. The lowest BCUT2D eigenvalue weighted by Crippen LogP contribution is -2.55. The van der Waals surface area contributed by atoms with Gasteiger partial charge in [0.1, 0.15) is 24.7 Å². The van der Waals surface area contributed by atoms with Crippen molar-refractivity contribution in [3.63, 3.8) is 0 Å². The van der Waals surface area contributed by atoms with Gasteiger partial charge in [0.15, 0.2) is 12.4 Å². The van der Waals surface area contributed by atoms with E-state index < -0.39 is 66.8 Å². The van der Waals surface area contributed by atoms with Crippen LogP contribution in [0.25, 0.3) is 0 Å². The lowest BCUT2D eigenvalue weighted by atomic mass is 10.0. The van der Waals surface area contributed by atoms with Crippen molar-refractivity contribution < 1.29 is 43.3 Å². The van der Waals surface area contributed by atoms with Crippen LogP contribution in [0.5, 0.6) is 0 Å². The van der Waals surface area contributed by atoms with E-state index in [1.807, 2.05) is 6.07 Å². The molecule has 0 saturated heterocycles. The molecule has 3 aromatic rings. The van der Waals surface area contributed by atoms with Gasteiger partial charge < -0.3 is 30.5 Å². The number of esters is 1. The van der Waals surface area contributed by atoms with Gasteiger partial charge in [0.2, 0.25) is 11.8 Å². The summed E-state index contributed by atoms with van der Waals surface area (Å²) < 4.78 is 10.2. The number of carboxylic acid groups (broad SMARTS) is 1. The Kier molecular flexibility index (Phi) is 13.5. The normalized spacial score (nSPS) is 12.5. The minimum absolute atomic E-state index is 0.0191. The lowest BCUT2D eigenvalue weighted by Gasteiger charge is -2.23. The van der Waals surface area contributed by atoms with Gasteiger partial charge in [-0.15, -0.1) is 0 Å². The van der Waals surface area contributed by atoms with E-state index in [0.29, 0.717) is 5.56 Å². The van der Waals surface area contributed by atoms with Crippen LogP contribution >= 0.6 is 23.2 Å². The highest BCUT2D eigenvalue weighted by molar-refractivity contribution is 6.39. The molecule has 242 valence electrons. The van der Waals surface area contributed by atoms with Gasteiger partial charge in [0.05, 0.1) is 22.0 Å². The summed E-state index contributed by atoms with van der Waals surface area (Å²) in [6.07, 6.45) is -1.64. The summed E-state index contributed by atoms with van der Waals surface area (Å²) >= 11 is 12.0. The van der Waals surface area contributed by atoms with Crippen molar-refractivity contribution in [1.29, 1.82) is 0 Å². The molecule has 3 aromatic carbocycles. The van der Waals surface area contributed by atoms with E-state index in [1.54, 1.807) is 54.6 Å². The number of ether oxygens (including phenoxy) is 2. The molecule has 3 atom stereocenters. The van der Waals surface area contributed by atoms with E-state index >= 15 is 0 Å². The molecule has 0 aliphatic heterocycles. The first kappa shape index (κ1) is 35.5. The Bertz CT molecular complexity index is 1530. The summed E-state index contributed by atoms with van der Waals surface area (Å²) in [7, 11) is 0. The Morgan fingerprint density at radius 2 is 1.30 bits per heavy atom. The zero-order chi connectivity index (χ0) is 33.6. The van der Waals surface area contributed by atoms with Crippen LogP contribution < -0.4 is 16.0 Å². The van der Waals surface area contributed by atoms with Gasteiger partial charge in [-0.3, -0.25) is 19.2 Å². The molecule has 14 heteroatoms. The molecule has 0 unspecified atom stereocenters. The zero-order valence-electron chi connectivity index (χ0n) is 24.5. The second-order valence-corrected chi connectivity index (χ2v) is 10.8. The van der Waals surface area contributed by atoms with Crippen LogP contribution in [0.15, 0.2) is 78.9 Å². The lowest BCUT2D eigenvalue weighted by molar-refractivity contribution is -0.141. The first-order valence-corrected chi connectivity index (χ1v) is 14.7. The maximum atomic E-state index is 13.2. The van der Waals surface area contributed by atoms with Crippen molar-refractivity contribution in [2.24, 2.45) is 0 Å². The minimum atomic E-state index is -1.61. The number of carbonyl (C=O) groups excluding carboxylic acids is 5. The van der Waals surface area contributed by atoms with Gasteiger partial charge in [0, 0.05) is 6.42 Å². The van der Waals surface area contributed by atoms with Crippen LogP contribution in [0.2, 0.25) is 10.0 Å². The van der Waals surface area contributed by atoms with E-state index in [0.717, 1.165) is 5.56 Å². The highest BCUT2D eigenvalue weighted by Gasteiger charge is 2.30. The molecule has 0 radical (unpaired) electrons. The monoisotopic (exact) mass is 671 g/mol. The number of nitrogens with one attached hydrogen (secondary N) is 3. The second kappa shape index (κ2) is 17.5. The van der Waals surface area contributed by atoms with Crippen LogP contribution in [0.3, 0.4) is 0 Å². The van der Waals surface area contributed by atoms with Crippen LogP contribution in [0.1, 0.15) is 34.8 Å². The van der Waals surface area contributed by atoms with Crippen LogP contribution in [-0.2, 0) is 41.7 Å². The predicted octanol–water partition coefficient (Wildman–Crippen LogP) is 3.72. The van der Waals surface area contributed by atoms with Gasteiger partial charge in [-0.25, -0.2) is 9.59 Å². The number of hydrogen-bond donors (Lipinski definition) is 4. The standard InChI is InChI=1S/C32H31Cl2N3O9/c1-19(29(41)36-24(16-27(39)40)26(38)18-45-31(43)28-22(33)13-8-14-23(28)34)35-30(42)25(15-20-9-4-2-5-10-20)37-32(44)46-17-21-11-6-3-7-12-21/h2-14,19,24-25H,15-18H2,1H3,(H,35,42)(H,36,41)(H,37,44)(H,39,40)/t19-,24-,25-/m0/s1. The number of benzene rings is 3. The van der Waals surface area contributed by atoms with Crippen molar-refractivity contribution in [1.82, 2.24) is 16.0 Å². The van der Waals surface area contributed by atoms with Crippen molar-refractivity contribution in [3.05, 3.63) is 106 Å². The number of aliphatic carboxylic acids is 1. The fourth-order valence-electron chi connectivity index (χ4n) is 4.06. The number of halogens is 2. The maximum absolute atomic E-state index is 13.2. The van der Waals surface area contributed by atoms with Crippen molar-refractivity contribution in [3.8, 4) is 0 Å². The van der Waals surface area contributed by atoms with E-state index in [4.69, 9.17) is 32.7 Å². The number of carboxylic acids is 1. The van der Waals surface area contributed by atoms with Crippen LogP contribution in [-0.4, -0.2) is 65.5 Å². The van der Waals surface area contributed by atoms with E-state index in [9.17, 15) is 33.9 Å². The third-order valence-electron chi connectivity index (χ3n) is 6.45. The third-order valence-corrected chi connectivity index (χ3v) is 7.08. The molecule has 0 heterocycles. The number of carbonyl (C=O) groups is 6. The van der Waals surface area contributed by atoms with Gasteiger partial charge in [-0.2, -0.15) is 0 Å². The molecule has 0 aromatic heterocycles. The number of ketones is 1. The van der Waals surface area contributed by atoms with E-state index in [1.165, 1.54) is 25.1 Å². The molecular weight excluding hydrogens is 641 g/mol. The molecule has 0 spiro atoms. The Morgan fingerprint density at radius 3 is 1.89 bits per heavy atom. The number of rotatable bonds is 15. The SMILES string of the molecule is C[C@H](NC(=O)[C@H](Cc1ccccc1)NC(=O)OCc1ccccc1)C(=O)N[C@@H](CC(=O)O)C(=O)COC(=O)c1c(Cl)cccc1Cl. The first-order chi connectivity index (χ1) is 21.9. The quantitative estimate of drug-likeness (QED) is 0.175. The highest BCUT2D eigenvalue weighted by Crippen LogP contribution is 2.25. The van der Waals surface area contributed by atoms with Gasteiger partial charge in [-0.1, -0.05) is 89.9 Å². The Labute approximate surface area is 274 Å². The molecule has 0 aliphatic carbocycles. The molecule has 0 aliphatic rings. The average Bonchev–Trinajstić information content (AvgIpc) is 3.02. The fourth-order valence-corrected chi connectivity index (χ4v) is 4.62. The summed E-state index contributed by atoms with van der Waals surface area (Å²) in [5, 5.41) is 16.5. The van der Waals surface area contributed by atoms with Gasteiger partial charge in [-0.05, 0) is 30.2 Å². The minimum Gasteiger partial charge on any atom is -0.481 e. The van der Waals surface area contributed by atoms with Gasteiger partial charge in [0.25, 0.3) is 0 Å². The molecule has 3 amide bonds. The number of Topliss-reactive ketones (excluding diaryl/α,β-unsaturated/α-hetero) is 1. The summed E-state index contributed by atoms with van der Waals surface area (Å²) in [6.45, 7) is 0.376. The number of alkyl carbamates (subject to hydrolysis) is 1. The van der Waals surface area contributed by atoms with Crippen LogP contribution in [0, 0.1) is 0 Å². The topological polar surface area (TPSA) is 177 Å². The van der Waals surface area contributed by atoms with E-state index in [2.05, 4.69) is 16.0 Å². The number of hydrogen-bond acceptors (Lipinski definition) is 8. The first-order valence-electron chi connectivity index (χ1n) is 13.9. The summed E-state index contributed by atoms with van der Waals surface area (Å²) in [4.78, 5) is 75.4. The number of amides is 3. The van der Waals surface area contributed by atoms with Gasteiger partial charge >= 0.3 is 18.0 Å². The van der Waals surface area contributed by atoms with Crippen molar-refractivity contribution in [2.75, 3.05) is 6.61 Å². The largest absolute Gasteiger partial charge is 0.481 e. The summed E-state index contributed by atoms with van der Waals surface area (Å²) in [5.74, 6) is -5.02. The molecule has 3 rings (SSSR count). The Balaban J connectivity index is 1.63. The van der Waals surface area contributed by atoms with Crippen molar-refractivity contribution >= 4 is 58.8 Å². The predicted molar refractivity (Wildman–Crippen MR) is 167 cm³/mol. The third kappa shape index (κ3) is 11.2. The molecular formula is C32H31Cl2N3O9. The molecule has 0 bridgehead atoms. The van der Waals surface area contributed by atoms with Crippen LogP contribution in [0.4, 0.5) is 4.79 Å². The van der Waals surface area contributed by atoms with E-state index in [-0.39, 0.29) is 28.6 Å². The molecule has 4 N–H and O–H groups in total. The summed E-state index contributed by atoms with van der Waals surface area (Å²) in [6, 6.07) is 18.0. The highest BCUT2D eigenvalue weighted by atomic mass is 35.5. The molecule has 0 saturated carbocycles. The Hall–Kier alpha value is -4.94. The molecule has 46 heavy (non-hydrogen) atoms. The summed E-state index contributed by atoms with van der Waals surface area (Å²) in [5.41, 5.74) is 1.26.